The van der Waals surface area contributed by atoms with Gasteiger partial charge in [0.05, 0.1) is 29.7 Å². The lowest BCUT2D eigenvalue weighted by Crippen LogP contribution is -2.49. The van der Waals surface area contributed by atoms with Crippen molar-refractivity contribution in [3.8, 4) is 5.69 Å². The summed E-state index contributed by atoms with van der Waals surface area (Å²) >= 11 is 9.67. The molecule has 0 radical (unpaired) electrons. The Morgan fingerprint density at radius 2 is 2.00 bits per heavy atom. The Labute approximate surface area is 193 Å². The van der Waals surface area contributed by atoms with Crippen LogP contribution in [0, 0.1) is 0 Å². The molecule has 0 saturated carbocycles. The fourth-order valence-corrected chi connectivity index (χ4v) is 4.21. The molecule has 2 aromatic carbocycles. The lowest BCUT2D eigenvalue weighted by molar-refractivity contribution is -0.127. The molecule has 160 valence electrons. The molecule has 0 saturated heterocycles. The van der Waals surface area contributed by atoms with Crippen molar-refractivity contribution < 1.29 is 9.59 Å². The number of aromatic nitrogens is 3. The number of benzene rings is 2. The number of carbonyl (C=O) groups is 2. The minimum absolute atomic E-state index is 0.160. The van der Waals surface area contributed by atoms with Crippen molar-refractivity contribution in [1.29, 1.82) is 0 Å². The van der Waals surface area contributed by atoms with Gasteiger partial charge in [0, 0.05) is 15.0 Å². The van der Waals surface area contributed by atoms with Crippen LogP contribution in [0.15, 0.2) is 53.1 Å². The summed E-state index contributed by atoms with van der Waals surface area (Å²) in [7, 11) is 0. The van der Waals surface area contributed by atoms with Crippen LogP contribution in [0.25, 0.3) is 5.69 Å². The van der Waals surface area contributed by atoms with Crippen molar-refractivity contribution in [2.45, 2.75) is 38.9 Å². The third-order valence-corrected chi connectivity index (χ3v) is 5.58. The first kappa shape index (κ1) is 21.5. The van der Waals surface area contributed by atoms with Crippen molar-refractivity contribution >= 4 is 39.3 Å². The zero-order valence-electron chi connectivity index (χ0n) is 17.3. The van der Waals surface area contributed by atoms with E-state index in [4.69, 9.17) is 11.6 Å². The first-order valence-corrected chi connectivity index (χ1v) is 10.9. The Balaban J connectivity index is 1.88. The van der Waals surface area contributed by atoms with Gasteiger partial charge < -0.3 is 10.2 Å². The highest BCUT2D eigenvalue weighted by atomic mass is 79.9. The fraction of sp³-hybridized carbons (Fsp3) is 0.273. The van der Waals surface area contributed by atoms with Gasteiger partial charge in [-0.3, -0.25) is 9.59 Å². The van der Waals surface area contributed by atoms with Crippen LogP contribution in [0.3, 0.4) is 0 Å². The lowest BCUT2D eigenvalue weighted by atomic mass is 10.0. The second-order valence-electron chi connectivity index (χ2n) is 8.43. The highest BCUT2D eigenvalue weighted by molar-refractivity contribution is 9.10. The molecule has 1 atom stereocenters. The van der Waals surface area contributed by atoms with E-state index in [1.165, 1.54) is 0 Å². The number of nitrogens with one attached hydrogen (secondary N) is 1. The van der Waals surface area contributed by atoms with Crippen molar-refractivity contribution in [2.24, 2.45) is 0 Å². The van der Waals surface area contributed by atoms with E-state index in [0.717, 1.165) is 4.47 Å². The molecule has 3 aromatic rings. The minimum atomic E-state index is -0.853. The van der Waals surface area contributed by atoms with Gasteiger partial charge in [-0.2, -0.15) is 0 Å². The number of amides is 2. The molecule has 4 rings (SSSR count). The highest BCUT2D eigenvalue weighted by Gasteiger charge is 2.37. The molecule has 1 N–H and O–H groups in total. The Kier molecular flexibility index (Phi) is 5.61. The van der Waals surface area contributed by atoms with Crippen molar-refractivity contribution in [2.75, 3.05) is 0 Å². The molecule has 31 heavy (non-hydrogen) atoms. The first-order chi connectivity index (χ1) is 14.6. The highest BCUT2D eigenvalue weighted by Crippen LogP contribution is 2.33. The van der Waals surface area contributed by atoms with E-state index in [1.807, 2.05) is 45.0 Å². The fourth-order valence-electron chi connectivity index (χ4n) is 3.62. The van der Waals surface area contributed by atoms with Gasteiger partial charge in [-0.05, 0) is 56.7 Å². The number of hydrogen-bond donors (Lipinski definition) is 1. The Morgan fingerprint density at radius 1 is 1.23 bits per heavy atom. The van der Waals surface area contributed by atoms with Gasteiger partial charge in [0.15, 0.2) is 0 Å². The number of rotatable bonds is 3. The summed E-state index contributed by atoms with van der Waals surface area (Å²) in [4.78, 5) is 28.7. The van der Waals surface area contributed by atoms with E-state index in [9.17, 15) is 9.59 Å². The van der Waals surface area contributed by atoms with Gasteiger partial charge in [0.25, 0.3) is 5.91 Å². The van der Waals surface area contributed by atoms with Crippen LogP contribution in [0.5, 0.6) is 0 Å². The van der Waals surface area contributed by atoms with Crippen LogP contribution in [0.4, 0.5) is 0 Å². The standard InChI is InChI=1S/C22H21BrClN5O2/c1-22(2,3)26-20(30)19(13-5-4-6-14(23)9-13)28-12-16-11-25-27-29(16)18-10-15(24)7-8-17(18)21(28)31/h4-11,19H,12H2,1-3H3,(H,26,30). The molecule has 1 unspecified atom stereocenters. The van der Waals surface area contributed by atoms with E-state index in [-0.39, 0.29) is 18.4 Å². The quantitative estimate of drug-likeness (QED) is 0.579. The molecule has 0 aliphatic carbocycles. The monoisotopic (exact) mass is 501 g/mol. The first-order valence-electron chi connectivity index (χ1n) is 9.72. The Hall–Kier alpha value is -2.71. The van der Waals surface area contributed by atoms with Gasteiger partial charge in [0.1, 0.15) is 6.04 Å². The maximum absolute atomic E-state index is 13.7. The molecule has 1 aliphatic rings. The average molecular weight is 503 g/mol. The number of carbonyl (C=O) groups excluding carboxylic acids is 2. The number of nitrogens with zero attached hydrogens (tertiary/aromatic N) is 4. The van der Waals surface area contributed by atoms with Gasteiger partial charge in [-0.15, -0.1) is 5.10 Å². The zero-order valence-corrected chi connectivity index (χ0v) is 19.6. The van der Waals surface area contributed by atoms with Crippen molar-refractivity contribution in [3.63, 3.8) is 0 Å². The van der Waals surface area contributed by atoms with E-state index < -0.39 is 11.6 Å². The largest absolute Gasteiger partial charge is 0.349 e. The summed E-state index contributed by atoms with van der Waals surface area (Å²) in [5.74, 6) is -0.554. The summed E-state index contributed by atoms with van der Waals surface area (Å²) in [6, 6.07) is 11.6. The number of fused-ring (bicyclic) bond motifs is 3. The lowest BCUT2D eigenvalue weighted by Gasteiger charge is -2.33. The molecular weight excluding hydrogens is 482 g/mol. The van der Waals surface area contributed by atoms with E-state index in [0.29, 0.717) is 27.5 Å². The van der Waals surface area contributed by atoms with Crippen LogP contribution >= 0.6 is 27.5 Å². The maximum Gasteiger partial charge on any atom is 0.257 e. The summed E-state index contributed by atoms with van der Waals surface area (Å²) in [6.45, 7) is 5.88. The molecule has 2 amide bonds. The molecule has 2 heterocycles. The minimum Gasteiger partial charge on any atom is -0.349 e. The van der Waals surface area contributed by atoms with Gasteiger partial charge in [-0.1, -0.05) is 44.9 Å². The molecule has 7 nitrogen and oxygen atoms in total. The van der Waals surface area contributed by atoms with Crippen LogP contribution in [-0.2, 0) is 11.3 Å². The topological polar surface area (TPSA) is 80.1 Å². The molecule has 1 aromatic heterocycles. The summed E-state index contributed by atoms with van der Waals surface area (Å²) in [5, 5.41) is 11.6. The summed E-state index contributed by atoms with van der Waals surface area (Å²) in [6.07, 6.45) is 1.59. The van der Waals surface area contributed by atoms with Crippen LogP contribution in [0.1, 0.15) is 48.4 Å². The third kappa shape index (κ3) is 4.36. The average Bonchev–Trinajstić information content (AvgIpc) is 3.10. The normalized spacial score (nSPS) is 14.5. The predicted molar refractivity (Wildman–Crippen MR) is 121 cm³/mol. The van der Waals surface area contributed by atoms with Crippen LogP contribution in [-0.4, -0.2) is 37.2 Å². The smallest absolute Gasteiger partial charge is 0.257 e. The molecule has 0 bridgehead atoms. The van der Waals surface area contributed by atoms with Gasteiger partial charge in [0.2, 0.25) is 5.91 Å². The van der Waals surface area contributed by atoms with Gasteiger partial charge >= 0.3 is 0 Å². The number of halogens is 2. The van der Waals surface area contributed by atoms with Crippen LogP contribution < -0.4 is 5.32 Å². The summed E-state index contributed by atoms with van der Waals surface area (Å²) < 4.78 is 2.42. The Morgan fingerprint density at radius 3 is 2.71 bits per heavy atom. The zero-order chi connectivity index (χ0) is 22.3. The molecule has 9 heteroatoms. The van der Waals surface area contributed by atoms with Crippen LogP contribution in [0.2, 0.25) is 5.02 Å². The van der Waals surface area contributed by atoms with E-state index in [1.54, 1.807) is 34.0 Å². The van der Waals surface area contributed by atoms with Crippen molar-refractivity contribution in [1.82, 2.24) is 25.2 Å². The molecule has 1 aliphatic heterocycles. The Bertz CT molecular complexity index is 1170. The molecular formula is C22H21BrClN5O2. The third-order valence-electron chi connectivity index (χ3n) is 4.85. The summed E-state index contributed by atoms with van der Waals surface area (Å²) in [5.41, 5.74) is 1.85. The second kappa shape index (κ2) is 8.09. The van der Waals surface area contributed by atoms with Crippen molar-refractivity contribution in [3.05, 3.63) is 75.0 Å². The van der Waals surface area contributed by atoms with E-state index >= 15 is 0 Å². The molecule has 0 fully saturated rings. The van der Waals surface area contributed by atoms with Gasteiger partial charge in [-0.25, -0.2) is 4.68 Å². The maximum atomic E-state index is 13.7. The SMILES string of the molecule is CC(C)(C)NC(=O)C(c1cccc(Br)c1)N1Cc2cnnn2-c2cc(Cl)ccc2C1=O. The van der Waals surface area contributed by atoms with E-state index in [2.05, 4.69) is 31.6 Å². The number of hydrogen-bond acceptors (Lipinski definition) is 4. The second-order valence-corrected chi connectivity index (χ2v) is 9.78. The molecule has 0 spiro atoms. The predicted octanol–water partition coefficient (Wildman–Crippen LogP) is 4.30.